The van der Waals surface area contributed by atoms with Crippen LogP contribution in [0.3, 0.4) is 0 Å². The molecule has 0 spiro atoms. The second-order valence-electron chi connectivity index (χ2n) is 4.68. The van der Waals surface area contributed by atoms with E-state index in [1.54, 1.807) is 11.3 Å². The number of benzene rings is 1. The van der Waals surface area contributed by atoms with Gasteiger partial charge in [-0.1, -0.05) is 30.3 Å². The van der Waals surface area contributed by atoms with Crippen molar-refractivity contribution in [3.8, 4) is 0 Å². The molecule has 0 fully saturated rings. The Hall–Kier alpha value is -1.12. The molecule has 1 nitrogen and oxygen atoms in total. The highest BCUT2D eigenvalue weighted by atomic mass is 35.5. The third-order valence-corrected chi connectivity index (χ3v) is 4.57. The van der Waals surface area contributed by atoms with Gasteiger partial charge in [0.15, 0.2) is 0 Å². The molecule has 94 valence electrons. The molecular formula is C15H15ClOS. The number of thiophene rings is 1. The van der Waals surface area contributed by atoms with E-state index in [2.05, 4.69) is 0 Å². The number of halogens is 1. The van der Waals surface area contributed by atoms with Gasteiger partial charge in [-0.3, -0.25) is 4.79 Å². The van der Waals surface area contributed by atoms with E-state index in [4.69, 9.17) is 11.6 Å². The number of hydrogen-bond donors (Lipinski definition) is 0. The minimum Gasteiger partial charge on any atom is -0.280 e. The molecule has 0 saturated heterocycles. The van der Waals surface area contributed by atoms with Crippen molar-refractivity contribution in [2.45, 2.75) is 25.7 Å². The Kier molecular flexibility index (Phi) is 3.88. The molecule has 0 bridgehead atoms. The third kappa shape index (κ3) is 2.50. The van der Waals surface area contributed by atoms with E-state index in [0.29, 0.717) is 6.42 Å². The van der Waals surface area contributed by atoms with Crippen LogP contribution in [-0.2, 0) is 16.6 Å². The van der Waals surface area contributed by atoms with Gasteiger partial charge in [0.25, 0.3) is 0 Å². The average Bonchev–Trinajstić information content (AvgIpc) is 2.81. The Morgan fingerprint density at radius 2 is 2.00 bits per heavy atom. The summed E-state index contributed by atoms with van der Waals surface area (Å²) in [6, 6.07) is 12.0. The van der Waals surface area contributed by atoms with E-state index in [-0.39, 0.29) is 5.24 Å². The van der Waals surface area contributed by atoms with Crippen molar-refractivity contribution in [3.63, 3.8) is 0 Å². The van der Waals surface area contributed by atoms with Crippen molar-refractivity contribution in [3.05, 3.63) is 57.8 Å². The largest absolute Gasteiger partial charge is 0.280 e. The molecule has 1 aromatic carbocycles. The average molecular weight is 279 g/mol. The van der Waals surface area contributed by atoms with Crippen molar-refractivity contribution < 1.29 is 4.79 Å². The molecule has 0 radical (unpaired) electrons. The van der Waals surface area contributed by atoms with Gasteiger partial charge in [0, 0.05) is 4.88 Å². The van der Waals surface area contributed by atoms with Crippen molar-refractivity contribution in [2.24, 2.45) is 0 Å². The quantitative estimate of drug-likeness (QED) is 0.761. The number of aryl methyl sites for hydroxylation is 1. The van der Waals surface area contributed by atoms with Gasteiger partial charge in [-0.05, 0) is 54.4 Å². The summed E-state index contributed by atoms with van der Waals surface area (Å²) in [5.74, 6) is 0. The van der Waals surface area contributed by atoms with E-state index < -0.39 is 5.41 Å². The van der Waals surface area contributed by atoms with Gasteiger partial charge < -0.3 is 0 Å². The van der Waals surface area contributed by atoms with Gasteiger partial charge in [0.05, 0.1) is 5.41 Å². The van der Waals surface area contributed by atoms with Crippen LogP contribution in [0.2, 0.25) is 0 Å². The molecule has 1 atom stereocenters. The van der Waals surface area contributed by atoms with Gasteiger partial charge in [-0.2, -0.15) is 0 Å². The molecule has 1 aromatic heterocycles. The standard InChI is InChI=1S/C15H15ClOS/c1-11-6-3-4-8-13(11)15(2,14(16)17)10-12-7-5-9-18-12/h3-9H,10H2,1-2H3. The molecule has 0 amide bonds. The van der Waals surface area contributed by atoms with Crippen LogP contribution in [0.15, 0.2) is 41.8 Å². The van der Waals surface area contributed by atoms with Crippen LogP contribution in [-0.4, -0.2) is 5.24 Å². The SMILES string of the molecule is Cc1ccccc1C(C)(Cc1cccs1)C(=O)Cl. The lowest BCUT2D eigenvalue weighted by atomic mass is 9.78. The Labute approximate surface area is 116 Å². The minimum atomic E-state index is -0.655. The lowest BCUT2D eigenvalue weighted by Crippen LogP contribution is -2.32. The van der Waals surface area contributed by atoms with Gasteiger partial charge in [-0.25, -0.2) is 0 Å². The minimum absolute atomic E-state index is 0.301. The fourth-order valence-corrected chi connectivity index (χ4v) is 3.25. The van der Waals surface area contributed by atoms with Crippen molar-refractivity contribution >= 4 is 28.2 Å². The van der Waals surface area contributed by atoms with Crippen LogP contribution in [0.4, 0.5) is 0 Å². The number of carbonyl (C=O) groups excluding carboxylic acids is 1. The molecule has 1 unspecified atom stereocenters. The van der Waals surface area contributed by atoms with E-state index in [0.717, 1.165) is 11.1 Å². The van der Waals surface area contributed by atoms with Gasteiger partial charge in [-0.15, -0.1) is 11.3 Å². The van der Waals surface area contributed by atoms with E-state index >= 15 is 0 Å². The lowest BCUT2D eigenvalue weighted by Gasteiger charge is -2.27. The van der Waals surface area contributed by atoms with Crippen LogP contribution in [0.25, 0.3) is 0 Å². The Morgan fingerprint density at radius 1 is 1.28 bits per heavy atom. The predicted octanol–water partition coefficient (Wildman–Crippen LogP) is 4.32. The Morgan fingerprint density at radius 3 is 2.56 bits per heavy atom. The summed E-state index contributed by atoms with van der Waals surface area (Å²) in [4.78, 5) is 13.1. The molecule has 0 aliphatic carbocycles. The first-order valence-corrected chi connectivity index (χ1v) is 7.08. The molecule has 3 heteroatoms. The zero-order chi connectivity index (χ0) is 13.2. The molecular weight excluding hydrogens is 264 g/mol. The summed E-state index contributed by atoms with van der Waals surface area (Å²) < 4.78 is 0. The van der Waals surface area contributed by atoms with Gasteiger partial charge >= 0.3 is 0 Å². The van der Waals surface area contributed by atoms with Crippen LogP contribution < -0.4 is 0 Å². The third-order valence-electron chi connectivity index (χ3n) is 3.28. The van der Waals surface area contributed by atoms with Crippen LogP contribution in [0.5, 0.6) is 0 Å². The van der Waals surface area contributed by atoms with Crippen LogP contribution in [0.1, 0.15) is 22.9 Å². The summed E-state index contributed by atoms with van der Waals surface area (Å²) in [7, 11) is 0. The fourth-order valence-electron chi connectivity index (χ4n) is 2.22. The first kappa shape index (κ1) is 13.3. The maximum absolute atomic E-state index is 11.9. The number of hydrogen-bond acceptors (Lipinski definition) is 2. The first-order valence-electron chi connectivity index (χ1n) is 5.82. The topological polar surface area (TPSA) is 17.1 Å². The van der Waals surface area contributed by atoms with Crippen LogP contribution >= 0.6 is 22.9 Å². The van der Waals surface area contributed by atoms with Gasteiger partial charge in [0.2, 0.25) is 5.24 Å². The van der Waals surface area contributed by atoms with E-state index in [9.17, 15) is 4.79 Å². The highest BCUT2D eigenvalue weighted by Crippen LogP contribution is 2.34. The monoisotopic (exact) mass is 278 g/mol. The molecule has 0 aliphatic rings. The summed E-state index contributed by atoms with van der Waals surface area (Å²) in [5, 5.41) is 1.72. The maximum atomic E-state index is 11.9. The Bertz CT molecular complexity index is 547. The molecule has 0 aliphatic heterocycles. The summed E-state index contributed by atoms with van der Waals surface area (Å²) in [6.45, 7) is 3.94. The predicted molar refractivity (Wildman–Crippen MR) is 77.4 cm³/mol. The summed E-state index contributed by atoms with van der Waals surface area (Å²) >= 11 is 7.53. The zero-order valence-electron chi connectivity index (χ0n) is 10.4. The van der Waals surface area contributed by atoms with Crippen molar-refractivity contribution in [1.82, 2.24) is 0 Å². The molecule has 18 heavy (non-hydrogen) atoms. The maximum Gasteiger partial charge on any atom is 0.232 e. The fraction of sp³-hybridized carbons (Fsp3) is 0.267. The van der Waals surface area contributed by atoms with Gasteiger partial charge in [0.1, 0.15) is 0 Å². The first-order chi connectivity index (χ1) is 8.54. The summed E-state index contributed by atoms with van der Waals surface area (Å²) in [6.07, 6.45) is 0.651. The number of carbonyl (C=O) groups is 1. The van der Waals surface area contributed by atoms with Crippen LogP contribution in [0, 0.1) is 6.92 Å². The zero-order valence-corrected chi connectivity index (χ0v) is 12.0. The second kappa shape index (κ2) is 5.25. The summed E-state index contributed by atoms with van der Waals surface area (Å²) in [5.41, 5.74) is 1.46. The molecule has 2 rings (SSSR count). The molecule has 0 saturated carbocycles. The molecule has 1 heterocycles. The lowest BCUT2D eigenvalue weighted by molar-refractivity contribution is -0.116. The smallest absolute Gasteiger partial charge is 0.232 e. The highest BCUT2D eigenvalue weighted by molar-refractivity contribution is 7.09. The molecule has 0 N–H and O–H groups in total. The normalized spacial score (nSPS) is 14.2. The van der Waals surface area contributed by atoms with Crippen molar-refractivity contribution in [1.29, 1.82) is 0 Å². The number of rotatable bonds is 4. The second-order valence-corrected chi connectivity index (χ2v) is 6.05. The molecule has 2 aromatic rings. The Balaban J connectivity index is 2.45. The van der Waals surface area contributed by atoms with E-state index in [1.165, 1.54) is 4.88 Å². The van der Waals surface area contributed by atoms with Crippen molar-refractivity contribution in [2.75, 3.05) is 0 Å². The highest BCUT2D eigenvalue weighted by Gasteiger charge is 2.35. The van der Waals surface area contributed by atoms with E-state index in [1.807, 2.05) is 55.6 Å².